The number of rotatable bonds is 3. The SMILES string of the molecule is COC(=O)CCN1CCNC[C@@H]1C. The minimum atomic E-state index is -0.120. The zero-order valence-electron chi connectivity index (χ0n) is 8.38. The number of hydrogen-bond donors (Lipinski definition) is 1. The van der Waals surface area contributed by atoms with Crippen molar-refractivity contribution in [3.63, 3.8) is 0 Å². The van der Waals surface area contributed by atoms with Gasteiger partial charge >= 0.3 is 5.97 Å². The first-order chi connectivity index (χ1) is 6.24. The molecule has 76 valence electrons. The Balaban J connectivity index is 2.22. The molecule has 0 radical (unpaired) electrons. The van der Waals surface area contributed by atoms with Crippen molar-refractivity contribution in [3.05, 3.63) is 0 Å². The maximum atomic E-state index is 10.9. The van der Waals surface area contributed by atoms with Crippen LogP contribution in [0.1, 0.15) is 13.3 Å². The van der Waals surface area contributed by atoms with Gasteiger partial charge in [-0.3, -0.25) is 9.69 Å². The van der Waals surface area contributed by atoms with Crippen LogP contribution in [0.5, 0.6) is 0 Å². The summed E-state index contributed by atoms with van der Waals surface area (Å²) in [5, 5.41) is 3.31. The predicted molar refractivity (Wildman–Crippen MR) is 50.5 cm³/mol. The summed E-state index contributed by atoms with van der Waals surface area (Å²) in [6.45, 7) is 6.05. The Kier molecular flexibility index (Phi) is 4.18. The summed E-state index contributed by atoms with van der Waals surface area (Å²) in [5.41, 5.74) is 0. The van der Waals surface area contributed by atoms with Gasteiger partial charge in [0.05, 0.1) is 13.5 Å². The lowest BCUT2D eigenvalue weighted by atomic mass is 10.2. The Bertz CT molecular complexity index is 173. The molecule has 0 bridgehead atoms. The van der Waals surface area contributed by atoms with Gasteiger partial charge in [-0.1, -0.05) is 0 Å². The number of carbonyl (C=O) groups is 1. The monoisotopic (exact) mass is 186 g/mol. The molecule has 0 saturated carbocycles. The minimum absolute atomic E-state index is 0.120. The van der Waals surface area contributed by atoms with Crippen molar-refractivity contribution in [3.8, 4) is 0 Å². The Morgan fingerprint density at radius 3 is 3.08 bits per heavy atom. The van der Waals surface area contributed by atoms with E-state index in [9.17, 15) is 4.79 Å². The van der Waals surface area contributed by atoms with Gasteiger partial charge < -0.3 is 10.1 Å². The lowest BCUT2D eigenvalue weighted by Gasteiger charge is -2.33. The first-order valence-corrected chi connectivity index (χ1v) is 4.75. The molecule has 1 fully saturated rings. The molecule has 1 saturated heterocycles. The van der Waals surface area contributed by atoms with E-state index < -0.39 is 0 Å². The normalized spacial score (nSPS) is 24.3. The predicted octanol–water partition coefficient (Wildman–Crippen LogP) is -0.157. The van der Waals surface area contributed by atoms with Crippen molar-refractivity contribution in [2.24, 2.45) is 0 Å². The highest BCUT2D eigenvalue weighted by atomic mass is 16.5. The third-order valence-electron chi connectivity index (χ3n) is 2.47. The maximum Gasteiger partial charge on any atom is 0.306 e. The van der Waals surface area contributed by atoms with Crippen LogP contribution in [0, 0.1) is 0 Å². The molecule has 1 heterocycles. The molecule has 1 aliphatic heterocycles. The van der Waals surface area contributed by atoms with Gasteiger partial charge in [-0.05, 0) is 6.92 Å². The molecule has 4 heteroatoms. The number of hydrogen-bond acceptors (Lipinski definition) is 4. The minimum Gasteiger partial charge on any atom is -0.469 e. The highest BCUT2D eigenvalue weighted by molar-refractivity contribution is 5.69. The summed E-state index contributed by atoms with van der Waals surface area (Å²) < 4.78 is 4.60. The summed E-state index contributed by atoms with van der Waals surface area (Å²) in [6, 6.07) is 0.526. The molecule has 0 unspecified atom stereocenters. The Labute approximate surface area is 79.2 Å². The van der Waals surface area contributed by atoms with Crippen LogP contribution in [0.3, 0.4) is 0 Å². The van der Waals surface area contributed by atoms with Gasteiger partial charge in [0.15, 0.2) is 0 Å². The molecule has 13 heavy (non-hydrogen) atoms. The third kappa shape index (κ3) is 3.32. The summed E-state index contributed by atoms with van der Waals surface area (Å²) in [5.74, 6) is -0.120. The number of esters is 1. The van der Waals surface area contributed by atoms with Crippen LogP contribution in [0.15, 0.2) is 0 Å². The van der Waals surface area contributed by atoms with Gasteiger partial charge in [0, 0.05) is 32.2 Å². The van der Waals surface area contributed by atoms with E-state index >= 15 is 0 Å². The van der Waals surface area contributed by atoms with Crippen molar-refractivity contribution < 1.29 is 9.53 Å². The third-order valence-corrected chi connectivity index (χ3v) is 2.47. The zero-order valence-corrected chi connectivity index (χ0v) is 8.38. The average molecular weight is 186 g/mol. The molecule has 0 amide bonds. The van der Waals surface area contributed by atoms with Crippen LogP contribution in [0.2, 0.25) is 0 Å². The lowest BCUT2D eigenvalue weighted by Crippen LogP contribution is -2.50. The fraction of sp³-hybridized carbons (Fsp3) is 0.889. The van der Waals surface area contributed by atoms with Crippen molar-refractivity contribution in [1.82, 2.24) is 10.2 Å². The van der Waals surface area contributed by atoms with Gasteiger partial charge in [-0.25, -0.2) is 0 Å². The van der Waals surface area contributed by atoms with Crippen LogP contribution in [0.4, 0.5) is 0 Å². The first-order valence-electron chi connectivity index (χ1n) is 4.75. The summed E-state index contributed by atoms with van der Waals surface area (Å²) in [4.78, 5) is 13.2. The average Bonchev–Trinajstić information content (AvgIpc) is 2.16. The summed E-state index contributed by atoms with van der Waals surface area (Å²) in [7, 11) is 1.43. The summed E-state index contributed by atoms with van der Waals surface area (Å²) in [6.07, 6.45) is 0.501. The molecule has 0 aromatic heterocycles. The van der Waals surface area contributed by atoms with Crippen LogP contribution in [0.25, 0.3) is 0 Å². The number of piperazine rings is 1. The molecule has 1 atom stereocenters. The van der Waals surface area contributed by atoms with Gasteiger partial charge in [-0.2, -0.15) is 0 Å². The standard InChI is InChI=1S/C9H18N2O2/c1-8-7-10-4-6-11(8)5-3-9(12)13-2/h8,10H,3-7H2,1-2H3/t8-/m0/s1. The van der Waals surface area contributed by atoms with E-state index in [0.29, 0.717) is 12.5 Å². The second-order valence-electron chi connectivity index (χ2n) is 3.42. The molecule has 0 aliphatic carbocycles. The molecule has 4 nitrogen and oxygen atoms in total. The summed E-state index contributed by atoms with van der Waals surface area (Å²) >= 11 is 0. The lowest BCUT2D eigenvalue weighted by molar-refractivity contribution is -0.141. The molecule has 1 N–H and O–H groups in total. The number of carbonyl (C=O) groups excluding carboxylic acids is 1. The van der Waals surface area contributed by atoms with Gasteiger partial charge in [-0.15, -0.1) is 0 Å². The molecule has 0 spiro atoms. The fourth-order valence-electron chi connectivity index (χ4n) is 1.55. The quantitative estimate of drug-likeness (QED) is 0.622. The first kappa shape index (κ1) is 10.5. The molecule has 1 rings (SSSR count). The van der Waals surface area contributed by atoms with Crippen LogP contribution >= 0.6 is 0 Å². The van der Waals surface area contributed by atoms with E-state index in [4.69, 9.17) is 0 Å². The van der Waals surface area contributed by atoms with E-state index in [1.807, 2.05) is 0 Å². The molecule has 1 aliphatic rings. The Hall–Kier alpha value is -0.610. The molecule has 0 aromatic carbocycles. The van der Waals surface area contributed by atoms with Crippen molar-refractivity contribution >= 4 is 5.97 Å². The molecule has 0 aromatic rings. The molecular weight excluding hydrogens is 168 g/mol. The van der Waals surface area contributed by atoms with Gasteiger partial charge in [0.25, 0.3) is 0 Å². The smallest absolute Gasteiger partial charge is 0.306 e. The second-order valence-corrected chi connectivity index (χ2v) is 3.42. The van der Waals surface area contributed by atoms with E-state index in [2.05, 4.69) is 21.9 Å². The van der Waals surface area contributed by atoms with Crippen molar-refractivity contribution in [2.45, 2.75) is 19.4 Å². The fourth-order valence-corrected chi connectivity index (χ4v) is 1.55. The van der Waals surface area contributed by atoms with Gasteiger partial charge in [0.2, 0.25) is 0 Å². The zero-order chi connectivity index (χ0) is 9.68. The Morgan fingerprint density at radius 2 is 2.46 bits per heavy atom. The van der Waals surface area contributed by atoms with Crippen LogP contribution in [-0.4, -0.2) is 50.2 Å². The van der Waals surface area contributed by atoms with E-state index in [1.165, 1.54) is 7.11 Å². The van der Waals surface area contributed by atoms with Crippen molar-refractivity contribution in [2.75, 3.05) is 33.3 Å². The number of nitrogens with one attached hydrogen (secondary N) is 1. The van der Waals surface area contributed by atoms with E-state index in [1.54, 1.807) is 0 Å². The van der Waals surface area contributed by atoms with Crippen molar-refractivity contribution in [1.29, 1.82) is 0 Å². The van der Waals surface area contributed by atoms with Crippen LogP contribution < -0.4 is 5.32 Å². The van der Waals surface area contributed by atoms with E-state index in [-0.39, 0.29) is 5.97 Å². The number of ether oxygens (including phenoxy) is 1. The maximum absolute atomic E-state index is 10.9. The Morgan fingerprint density at radius 1 is 1.69 bits per heavy atom. The topological polar surface area (TPSA) is 41.6 Å². The number of methoxy groups -OCH3 is 1. The van der Waals surface area contributed by atoms with E-state index in [0.717, 1.165) is 26.2 Å². The van der Waals surface area contributed by atoms with Crippen LogP contribution in [-0.2, 0) is 9.53 Å². The second kappa shape index (κ2) is 5.19. The van der Waals surface area contributed by atoms with Gasteiger partial charge in [0.1, 0.15) is 0 Å². The highest BCUT2D eigenvalue weighted by Crippen LogP contribution is 2.03. The molecular formula is C9H18N2O2. The highest BCUT2D eigenvalue weighted by Gasteiger charge is 2.18. The largest absolute Gasteiger partial charge is 0.469 e. The number of nitrogens with zero attached hydrogens (tertiary/aromatic N) is 1.